The number of hydrogen-bond donors (Lipinski definition) is 1. The summed E-state index contributed by atoms with van der Waals surface area (Å²) in [4.78, 5) is 61.3. The number of hydrogen-bond acceptors (Lipinski definition) is 6. The zero-order valence-corrected chi connectivity index (χ0v) is 26.8. The molecule has 10 heteroatoms. The Labute approximate surface area is 259 Å². The molecule has 0 radical (unpaired) electrons. The van der Waals surface area contributed by atoms with Gasteiger partial charge in [-0.05, 0) is 80.0 Å². The van der Waals surface area contributed by atoms with E-state index in [4.69, 9.17) is 0 Å². The van der Waals surface area contributed by atoms with Crippen molar-refractivity contribution in [3.05, 3.63) is 77.9 Å². The first-order chi connectivity index (χ1) is 20.8. The number of carbonyl (C=O) groups is 4. The number of amides is 3. The SMILES string of the molecule is CC(C)C[C@H](NC(=O)c1ccc(C(C)(C)C)cc1)C(=O)N1CC[C@H](C)N(C(=O)c2ccc(-n3cncn3)cc2)CC(=O)C1C. The maximum absolute atomic E-state index is 13.9. The highest BCUT2D eigenvalue weighted by atomic mass is 16.2. The molecule has 1 aromatic heterocycles. The van der Waals surface area contributed by atoms with Crippen LogP contribution in [-0.4, -0.2) is 79.3 Å². The van der Waals surface area contributed by atoms with Crippen LogP contribution >= 0.6 is 0 Å². The largest absolute Gasteiger partial charge is 0.340 e. The van der Waals surface area contributed by atoms with Crippen LogP contribution in [0.3, 0.4) is 0 Å². The summed E-state index contributed by atoms with van der Waals surface area (Å²) in [6.45, 7) is 14.1. The van der Waals surface area contributed by atoms with Crippen LogP contribution in [0.15, 0.2) is 61.2 Å². The van der Waals surface area contributed by atoms with E-state index in [0.717, 1.165) is 11.3 Å². The molecule has 0 saturated carbocycles. The monoisotopic (exact) mass is 600 g/mol. The predicted molar refractivity (Wildman–Crippen MR) is 169 cm³/mol. The topological polar surface area (TPSA) is 118 Å². The summed E-state index contributed by atoms with van der Waals surface area (Å²) in [6.07, 6.45) is 3.94. The molecule has 2 aromatic carbocycles. The summed E-state index contributed by atoms with van der Waals surface area (Å²) in [5.41, 5.74) is 2.78. The van der Waals surface area contributed by atoms with Crippen LogP contribution < -0.4 is 5.32 Å². The van der Waals surface area contributed by atoms with E-state index >= 15 is 0 Å². The number of carbonyl (C=O) groups excluding carboxylic acids is 4. The Balaban J connectivity index is 1.47. The van der Waals surface area contributed by atoms with Crippen molar-refractivity contribution in [2.45, 2.75) is 84.8 Å². The lowest BCUT2D eigenvalue weighted by Crippen LogP contribution is -2.58. The van der Waals surface area contributed by atoms with E-state index in [0.29, 0.717) is 24.0 Å². The lowest BCUT2D eigenvalue weighted by Gasteiger charge is -2.39. The van der Waals surface area contributed by atoms with Gasteiger partial charge in [-0.15, -0.1) is 0 Å². The first kappa shape index (κ1) is 32.6. The summed E-state index contributed by atoms with van der Waals surface area (Å²) in [5.74, 6) is -0.947. The molecule has 10 nitrogen and oxygen atoms in total. The van der Waals surface area contributed by atoms with Gasteiger partial charge in [0.1, 0.15) is 18.7 Å². The van der Waals surface area contributed by atoms with Crippen LogP contribution in [0.4, 0.5) is 0 Å². The third-order valence-corrected chi connectivity index (χ3v) is 8.24. The van der Waals surface area contributed by atoms with E-state index in [2.05, 4.69) is 36.2 Å². The normalized spacial score (nSPS) is 18.5. The van der Waals surface area contributed by atoms with E-state index in [9.17, 15) is 19.2 Å². The molecule has 1 fully saturated rings. The molecule has 234 valence electrons. The fourth-order valence-electron chi connectivity index (χ4n) is 5.40. The molecule has 1 unspecified atom stereocenters. The van der Waals surface area contributed by atoms with E-state index in [1.54, 1.807) is 64.1 Å². The second-order valence-corrected chi connectivity index (χ2v) is 13.1. The minimum Gasteiger partial charge on any atom is -0.340 e. The molecule has 44 heavy (non-hydrogen) atoms. The maximum Gasteiger partial charge on any atom is 0.254 e. The molecular weight excluding hydrogens is 556 g/mol. The van der Waals surface area contributed by atoms with Gasteiger partial charge >= 0.3 is 0 Å². The third kappa shape index (κ3) is 7.59. The number of benzene rings is 2. The summed E-state index contributed by atoms with van der Waals surface area (Å²) >= 11 is 0. The standard InChI is InChI=1S/C34H44N6O4/c1-22(2)18-29(37-31(42)25-8-12-27(13-9-25)34(5,6)7)33(44)38-17-16-23(3)39(19-30(41)24(38)4)32(43)26-10-14-28(15-11-26)40-21-35-20-36-40/h8-15,20-24,29H,16-19H2,1-7H3,(H,37,42)/t23-,24?,29-/m0/s1. The van der Waals surface area contributed by atoms with E-state index in [1.807, 2.05) is 32.9 Å². The quantitative estimate of drug-likeness (QED) is 0.429. The van der Waals surface area contributed by atoms with Crippen molar-refractivity contribution in [3.63, 3.8) is 0 Å². The molecule has 3 atom stereocenters. The first-order valence-electron chi connectivity index (χ1n) is 15.3. The minimum absolute atomic E-state index is 0.0418. The second-order valence-electron chi connectivity index (χ2n) is 13.1. The Hall–Kier alpha value is -4.34. The average Bonchev–Trinajstić information content (AvgIpc) is 3.53. The van der Waals surface area contributed by atoms with Crippen LogP contribution in [0, 0.1) is 5.92 Å². The zero-order chi connectivity index (χ0) is 32.2. The van der Waals surface area contributed by atoms with Crippen LogP contribution in [0.1, 0.15) is 87.6 Å². The smallest absolute Gasteiger partial charge is 0.254 e. The van der Waals surface area contributed by atoms with Crippen molar-refractivity contribution < 1.29 is 19.2 Å². The summed E-state index contributed by atoms with van der Waals surface area (Å²) in [6, 6.07) is 12.6. The number of nitrogens with one attached hydrogen (secondary N) is 1. The van der Waals surface area contributed by atoms with Crippen LogP contribution in [-0.2, 0) is 15.0 Å². The van der Waals surface area contributed by atoms with Gasteiger partial charge in [0, 0.05) is 23.7 Å². The van der Waals surface area contributed by atoms with Gasteiger partial charge in [0.15, 0.2) is 5.78 Å². The highest BCUT2D eigenvalue weighted by Crippen LogP contribution is 2.23. The van der Waals surface area contributed by atoms with E-state index in [-0.39, 0.29) is 54.0 Å². The van der Waals surface area contributed by atoms with Crippen LogP contribution in [0.5, 0.6) is 0 Å². The van der Waals surface area contributed by atoms with Crippen LogP contribution in [0.2, 0.25) is 0 Å². The summed E-state index contributed by atoms with van der Waals surface area (Å²) < 4.78 is 1.60. The molecule has 3 aromatic rings. The first-order valence-corrected chi connectivity index (χ1v) is 15.3. The third-order valence-electron chi connectivity index (χ3n) is 8.24. The van der Waals surface area contributed by atoms with E-state index in [1.165, 1.54) is 6.33 Å². The molecule has 0 spiro atoms. The van der Waals surface area contributed by atoms with Gasteiger partial charge < -0.3 is 15.1 Å². The fraction of sp³-hybridized carbons (Fsp3) is 0.471. The number of aromatic nitrogens is 3. The lowest BCUT2D eigenvalue weighted by atomic mass is 9.86. The molecule has 2 heterocycles. The number of rotatable bonds is 7. The Morgan fingerprint density at radius 1 is 0.955 bits per heavy atom. The Kier molecular flexibility index (Phi) is 10.0. The molecule has 1 N–H and O–H groups in total. The molecule has 1 aliphatic heterocycles. The van der Waals surface area contributed by atoms with Gasteiger partial charge in [0.25, 0.3) is 11.8 Å². The lowest BCUT2D eigenvalue weighted by molar-refractivity contribution is -0.142. The maximum atomic E-state index is 13.9. The summed E-state index contributed by atoms with van der Waals surface area (Å²) in [7, 11) is 0. The van der Waals surface area contributed by atoms with Gasteiger partial charge in [0.05, 0.1) is 18.3 Å². The number of Topliss-reactive ketones (excluding diaryl/α,β-unsaturated/α-hetero) is 1. The summed E-state index contributed by atoms with van der Waals surface area (Å²) in [5, 5.41) is 7.06. The Morgan fingerprint density at radius 2 is 1.59 bits per heavy atom. The van der Waals surface area contributed by atoms with Crippen molar-refractivity contribution in [1.82, 2.24) is 29.9 Å². The molecule has 1 saturated heterocycles. The van der Waals surface area contributed by atoms with Gasteiger partial charge in [0.2, 0.25) is 5.91 Å². The van der Waals surface area contributed by atoms with Gasteiger partial charge in [-0.2, -0.15) is 5.10 Å². The molecule has 0 bridgehead atoms. The van der Waals surface area contributed by atoms with Crippen LogP contribution in [0.25, 0.3) is 5.69 Å². The highest BCUT2D eigenvalue weighted by Gasteiger charge is 2.37. The van der Waals surface area contributed by atoms with Gasteiger partial charge in [-0.25, -0.2) is 9.67 Å². The van der Waals surface area contributed by atoms with Crippen molar-refractivity contribution in [2.24, 2.45) is 5.92 Å². The van der Waals surface area contributed by atoms with Crippen molar-refractivity contribution in [2.75, 3.05) is 13.1 Å². The van der Waals surface area contributed by atoms with Crippen molar-refractivity contribution >= 4 is 23.5 Å². The second kappa shape index (κ2) is 13.5. The van der Waals surface area contributed by atoms with Gasteiger partial charge in [-0.1, -0.05) is 46.8 Å². The van der Waals surface area contributed by atoms with E-state index < -0.39 is 12.1 Å². The molecule has 3 amide bonds. The van der Waals surface area contributed by atoms with Crippen molar-refractivity contribution in [1.29, 1.82) is 0 Å². The minimum atomic E-state index is -0.781. The highest BCUT2D eigenvalue weighted by molar-refractivity contribution is 6.00. The molecule has 4 rings (SSSR count). The molecule has 0 aliphatic carbocycles. The molecule has 1 aliphatic rings. The number of ketones is 1. The number of nitrogens with zero attached hydrogens (tertiary/aromatic N) is 5. The Morgan fingerprint density at radius 3 is 2.16 bits per heavy atom. The zero-order valence-electron chi connectivity index (χ0n) is 26.8. The predicted octanol–water partition coefficient (Wildman–Crippen LogP) is 4.43. The average molecular weight is 601 g/mol. The fourth-order valence-corrected chi connectivity index (χ4v) is 5.40. The Bertz CT molecular complexity index is 1460. The molecular formula is C34H44N6O4. The van der Waals surface area contributed by atoms with Crippen molar-refractivity contribution in [3.8, 4) is 5.69 Å². The van der Waals surface area contributed by atoms with Gasteiger partial charge in [-0.3, -0.25) is 19.2 Å².